The van der Waals surface area contributed by atoms with Crippen molar-refractivity contribution in [2.24, 2.45) is 5.73 Å². The van der Waals surface area contributed by atoms with Crippen LogP contribution in [-0.2, 0) is 0 Å². The average molecular weight is 228 g/mol. The highest BCUT2D eigenvalue weighted by Gasteiger charge is 2.17. The Labute approximate surface area is 91.1 Å². The predicted octanol–water partition coefficient (Wildman–Crippen LogP) is 2.30. The van der Waals surface area contributed by atoms with Crippen LogP contribution in [0.3, 0.4) is 0 Å². The Morgan fingerprint density at radius 2 is 2.13 bits per heavy atom. The zero-order chi connectivity index (χ0) is 11.5. The van der Waals surface area contributed by atoms with Crippen LogP contribution in [0, 0.1) is 23.0 Å². The predicted molar refractivity (Wildman–Crippen MR) is 55.3 cm³/mol. The number of hydrogen-bond donors (Lipinski definition) is 1. The van der Waals surface area contributed by atoms with Crippen molar-refractivity contribution in [3.8, 4) is 6.07 Å². The monoisotopic (exact) mass is 228 g/mol. The molecule has 0 radical (unpaired) electrons. The number of benzene rings is 1. The molecule has 0 saturated heterocycles. The van der Waals surface area contributed by atoms with Gasteiger partial charge in [0.05, 0.1) is 6.07 Å². The standard InChI is InChI=1S/C10H10F2N2S/c1-10(14,5-13)6-15-7-2-3-8(11)9(12)4-7/h2-4H,6,14H2,1H3. The lowest BCUT2D eigenvalue weighted by Crippen LogP contribution is -2.36. The lowest BCUT2D eigenvalue weighted by molar-refractivity contribution is 0.506. The summed E-state index contributed by atoms with van der Waals surface area (Å²) in [6, 6.07) is 5.53. The number of halogens is 2. The molecule has 0 aliphatic carbocycles. The maximum absolute atomic E-state index is 12.8. The van der Waals surface area contributed by atoms with E-state index in [2.05, 4.69) is 0 Å². The van der Waals surface area contributed by atoms with Gasteiger partial charge in [-0.1, -0.05) is 0 Å². The first-order valence-corrected chi connectivity index (χ1v) is 5.21. The highest BCUT2D eigenvalue weighted by Crippen LogP contribution is 2.23. The molecule has 15 heavy (non-hydrogen) atoms. The Bertz CT molecular complexity index is 399. The van der Waals surface area contributed by atoms with Crippen molar-refractivity contribution in [3.05, 3.63) is 29.8 Å². The minimum atomic E-state index is -0.963. The van der Waals surface area contributed by atoms with Crippen LogP contribution in [0.25, 0.3) is 0 Å². The third-order valence-corrected chi connectivity index (χ3v) is 3.02. The highest BCUT2D eigenvalue weighted by atomic mass is 32.2. The maximum Gasteiger partial charge on any atom is 0.159 e. The van der Waals surface area contributed by atoms with Gasteiger partial charge in [0.1, 0.15) is 5.54 Å². The summed E-state index contributed by atoms with van der Waals surface area (Å²) in [7, 11) is 0. The molecular formula is C10H10F2N2S. The van der Waals surface area contributed by atoms with E-state index in [0.29, 0.717) is 10.6 Å². The van der Waals surface area contributed by atoms with Crippen LogP contribution in [-0.4, -0.2) is 11.3 Å². The first kappa shape index (κ1) is 12.0. The number of thioether (sulfide) groups is 1. The Morgan fingerprint density at radius 3 is 2.67 bits per heavy atom. The zero-order valence-electron chi connectivity index (χ0n) is 8.13. The number of rotatable bonds is 3. The van der Waals surface area contributed by atoms with Gasteiger partial charge in [0.25, 0.3) is 0 Å². The minimum Gasteiger partial charge on any atom is -0.313 e. The second-order valence-corrected chi connectivity index (χ2v) is 4.44. The van der Waals surface area contributed by atoms with E-state index in [4.69, 9.17) is 11.0 Å². The highest BCUT2D eigenvalue weighted by molar-refractivity contribution is 7.99. The summed E-state index contributed by atoms with van der Waals surface area (Å²) < 4.78 is 25.4. The molecule has 0 bridgehead atoms. The molecule has 2 nitrogen and oxygen atoms in total. The Balaban J connectivity index is 2.67. The van der Waals surface area contributed by atoms with E-state index in [-0.39, 0.29) is 0 Å². The quantitative estimate of drug-likeness (QED) is 0.807. The maximum atomic E-state index is 12.8. The van der Waals surface area contributed by atoms with Crippen molar-refractivity contribution in [3.63, 3.8) is 0 Å². The van der Waals surface area contributed by atoms with E-state index in [1.54, 1.807) is 6.92 Å². The topological polar surface area (TPSA) is 49.8 Å². The molecular weight excluding hydrogens is 218 g/mol. The second kappa shape index (κ2) is 4.60. The molecule has 0 saturated carbocycles. The van der Waals surface area contributed by atoms with E-state index in [9.17, 15) is 8.78 Å². The molecule has 0 aliphatic heterocycles. The number of nitriles is 1. The molecule has 0 spiro atoms. The van der Waals surface area contributed by atoms with E-state index in [1.807, 2.05) is 6.07 Å². The third-order valence-electron chi connectivity index (χ3n) is 1.69. The molecule has 0 amide bonds. The van der Waals surface area contributed by atoms with Crippen LogP contribution in [0.1, 0.15) is 6.92 Å². The Hall–Kier alpha value is -1.12. The molecule has 0 aromatic heterocycles. The van der Waals surface area contributed by atoms with Crippen molar-refractivity contribution in [1.82, 2.24) is 0 Å². The van der Waals surface area contributed by atoms with E-state index in [1.165, 1.54) is 17.8 Å². The van der Waals surface area contributed by atoms with Crippen LogP contribution >= 0.6 is 11.8 Å². The van der Waals surface area contributed by atoms with Gasteiger partial charge >= 0.3 is 0 Å². The fourth-order valence-corrected chi connectivity index (χ4v) is 1.71. The van der Waals surface area contributed by atoms with E-state index in [0.717, 1.165) is 12.1 Å². The minimum absolute atomic E-state index is 0.328. The van der Waals surface area contributed by atoms with Gasteiger partial charge in [0.2, 0.25) is 0 Å². The molecule has 0 heterocycles. The lowest BCUT2D eigenvalue weighted by Gasteiger charge is -2.14. The van der Waals surface area contributed by atoms with Gasteiger partial charge in [-0.05, 0) is 25.1 Å². The van der Waals surface area contributed by atoms with Crippen LogP contribution in [0.2, 0.25) is 0 Å². The smallest absolute Gasteiger partial charge is 0.159 e. The van der Waals surface area contributed by atoms with Crippen molar-refractivity contribution >= 4 is 11.8 Å². The van der Waals surface area contributed by atoms with Crippen molar-refractivity contribution < 1.29 is 8.78 Å². The molecule has 0 aliphatic rings. The largest absolute Gasteiger partial charge is 0.313 e. The zero-order valence-corrected chi connectivity index (χ0v) is 8.94. The fraction of sp³-hybridized carbons (Fsp3) is 0.300. The lowest BCUT2D eigenvalue weighted by atomic mass is 10.1. The molecule has 1 aromatic rings. The summed E-state index contributed by atoms with van der Waals surface area (Å²) in [4.78, 5) is 0.556. The summed E-state index contributed by atoms with van der Waals surface area (Å²) >= 11 is 1.22. The number of hydrogen-bond acceptors (Lipinski definition) is 3. The summed E-state index contributed by atoms with van der Waals surface area (Å²) in [6.45, 7) is 1.58. The second-order valence-electron chi connectivity index (χ2n) is 3.39. The molecule has 0 fully saturated rings. The summed E-state index contributed by atoms with van der Waals surface area (Å²) in [6.07, 6.45) is 0. The Morgan fingerprint density at radius 1 is 1.47 bits per heavy atom. The first-order valence-electron chi connectivity index (χ1n) is 4.22. The van der Waals surface area contributed by atoms with Crippen molar-refractivity contribution in [2.75, 3.05) is 5.75 Å². The van der Waals surface area contributed by atoms with E-state index >= 15 is 0 Å². The van der Waals surface area contributed by atoms with Crippen LogP contribution < -0.4 is 5.73 Å². The first-order chi connectivity index (χ1) is 6.94. The summed E-state index contributed by atoms with van der Waals surface area (Å²) in [5.74, 6) is -1.44. The van der Waals surface area contributed by atoms with Gasteiger partial charge < -0.3 is 5.73 Å². The van der Waals surface area contributed by atoms with Gasteiger partial charge in [0.15, 0.2) is 11.6 Å². The van der Waals surface area contributed by atoms with Gasteiger partial charge in [-0.2, -0.15) is 5.26 Å². The van der Waals surface area contributed by atoms with Gasteiger partial charge in [-0.25, -0.2) is 8.78 Å². The summed E-state index contributed by atoms with van der Waals surface area (Å²) in [5.41, 5.74) is 4.62. The molecule has 2 N–H and O–H groups in total. The normalized spacial score (nSPS) is 14.3. The van der Waals surface area contributed by atoms with Crippen LogP contribution in [0.4, 0.5) is 8.78 Å². The third kappa shape index (κ3) is 3.50. The molecule has 1 aromatic carbocycles. The van der Waals surface area contributed by atoms with Gasteiger partial charge in [-0.3, -0.25) is 0 Å². The van der Waals surface area contributed by atoms with E-state index < -0.39 is 17.2 Å². The Kier molecular flexibility index (Phi) is 3.66. The van der Waals surface area contributed by atoms with Crippen molar-refractivity contribution in [2.45, 2.75) is 17.4 Å². The molecule has 80 valence electrons. The fourth-order valence-electron chi connectivity index (χ4n) is 0.832. The van der Waals surface area contributed by atoms with Crippen molar-refractivity contribution in [1.29, 1.82) is 5.26 Å². The summed E-state index contributed by atoms with van der Waals surface area (Å²) in [5, 5.41) is 8.65. The van der Waals surface area contributed by atoms with Crippen LogP contribution in [0.15, 0.2) is 23.1 Å². The number of nitrogens with two attached hydrogens (primary N) is 1. The molecule has 1 unspecified atom stereocenters. The van der Waals surface area contributed by atoms with Gasteiger partial charge in [-0.15, -0.1) is 11.8 Å². The van der Waals surface area contributed by atoms with Crippen LogP contribution in [0.5, 0.6) is 0 Å². The SMILES string of the molecule is CC(N)(C#N)CSc1ccc(F)c(F)c1. The van der Waals surface area contributed by atoms with Gasteiger partial charge in [0, 0.05) is 10.6 Å². The number of nitrogens with zero attached hydrogens (tertiary/aromatic N) is 1. The molecule has 5 heteroatoms. The molecule has 1 atom stereocenters. The average Bonchev–Trinajstić information content (AvgIpc) is 2.20. The molecule has 1 rings (SSSR count).